The molecule has 2 fully saturated rings. The number of ether oxygens (including phenoxy) is 5. The molecule has 11 atom stereocenters. The first-order valence-electron chi connectivity index (χ1n) is 13.3. The maximum Gasteiger partial charge on any atom is 0.229 e. The summed E-state index contributed by atoms with van der Waals surface area (Å²) in [6.45, 7) is -1.34. The topological polar surface area (TPSA) is 266 Å². The van der Waals surface area contributed by atoms with Gasteiger partial charge in [-0.15, -0.1) is 0 Å². The van der Waals surface area contributed by atoms with Gasteiger partial charge in [0.25, 0.3) is 0 Å². The van der Waals surface area contributed by atoms with E-state index in [9.17, 15) is 55.9 Å². The highest BCUT2D eigenvalue weighted by Gasteiger charge is 2.46. The largest absolute Gasteiger partial charge is 0.507 e. The molecule has 10 N–H and O–H groups in total. The number of phenolic OH excluding ortho intramolecular Hbond substituents is 2. The van der Waals surface area contributed by atoms with E-state index in [4.69, 9.17) is 23.7 Å². The number of fused-ring (bicyclic) bond motifs is 1. The highest BCUT2D eigenvalue weighted by atomic mass is 16.7. The van der Waals surface area contributed by atoms with Crippen LogP contribution in [0.4, 0.5) is 0 Å². The van der Waals surface area contributed by atoms with Gasteiger partial charge in [0.15, 0.2) is 5.78 Å². The maximum absolute atomic E-state index is 12.9. The fourth-order valence-electron chi connectivity index (χ4n) is 5.12. The molecule has 3 heterocycles. The third-order valence-electron chi connectivity index (χ3n) is 7.52. The minimum absolute atomic E-state index is 0.0269. The first-order chi connectivity index (χ1) is 20.4. The summed E-state index contributed by atoms with van der Waals surface area (Å²) in [4.78, 5) is 12.9. The van der Waals surface area contributed by atoms with Gasteiger partial charge in [0, 0.05) is 23.8 Å². The molecule has 43 heavy (non-hydrogen) atoms. The Bertz CT molecular complexity index is 1320. The van der Waals surface area contributed by atoms with Gasteiger partial charge in [-0.05, 0) is 12.1 Å². The van der Waals surface area contributed by atoms with Crippen LogP contribution in [-0.4, -0.2) is 131 Å². The van der Waals surface area contributed by atoms with Gasteiger partial charge in [-0.1, -0.05) is 0 Å². The van der Waals surface area contributed by atoms with E-state index < -0.39 is 92.3 Å². The highest BCUT2D eigenvalue weighted by molar-refractivity contribution is 6.02. The van der Waals surface area contributed by atoms with Crippen LogP contribution in [0.2, 0.25) is 0 Å². The predicted octanol–water partition coefficient (Wildman–Crippen LogP) is -2.84. The number of hydrogen-bond donors (Lipinski definition) is 10. The van der Waals surface area contributed by atoms with Crippen LogP contribution >= 0.6 is 0 Å². The Morgan fingerprint density at radius 1 is 0.698 bits per heavy atom. The number of rotatable bonds is 7. The average molecular weight is 613 g/mol. The quantitative estimate of drug-likeness (QED) is 0.151. The van der Waals surface area contributed by atoms with Gasteiger partial charge in [0.05, 0.1) is 19.6 Å². The first kappa shape index (κ1) is 31.1. The van der Waals surface area contributed by atoms with Crippen molar-refractivity contribution in [1.82, 2.24) is 0 Å². The van der Waals surface area contributed by atoms with Crippen LogP contribution in [0.5, 0.6) is 28.7 Å². The standard InChI is InChI=1S/C27H32O16/c28-7-17-20(33)22(35)24(37)26(42-17)39-9-1-2-11(12(30)3-9)15-6-14(32)19-13(31)4-10(5-16(19)41-15)40-27-25(38)23(36)21(34)18(8-29)43-27/h1-5,15,17-18,20-31,33-38H,6-8H2/t15-,17+,18+,20+,21+,22-,23-,24+,25+,26+,27+/m0/s1. The van der Waals surface area contributed by atoms with E-state index in [1.165, 1.54) is 18.2 Å². The van der Waals surface area contributed by atoms with E-state index in [0.29, 0.717) is 0 Å². The molecule has 5 rings (SSSR count). The molecule has 0 amide bonds. The summed E-state index contributed by atoms with van der Waals surface area (Å²) in [6.07, 6.45) is -16.8. The van der Waals surface area contributed by atoms with Crippen molar-refractivity contribution in [2.24, 2.45) is 0 Å². The number of aliphatic hydroxyl groups excluding tert-OH is 8. The lowest BCUT2D eigenvalue weighted by atomic mass is 9.95. The molecule has 2 aromatic rings. The number of phenols is 2. The van der Waals surface area contributed by atoms with Gasteiger partial charge in [0.2, 0.25) is 12.6 Å². The van der Waals surface area contributed by atoms with E-state index in [2.05, 4.69) is 0 Å². The van der Waals surface area contributed by atoms with Crippen molar-refractivity contribution in [1.29, 1.82) is 0 Å². The van der Waals surface area contributed by atoms with E-state index in [-0.39, 0.29) is 40.5 Å². The smallest absolute Gasteiger partial charge is 0.229 e. The Balaban J connectivity index is 1.33. The van der Waals surface area contributed by atoms with Gasteiger partial charge in [0.1, 0.15) is 89.2 Å². The Morgan fingerprint density at radius 3 is 1.77 bits per heavy atom. The van der Waals surface area contributed by atoms with Gasteiger partial charge in [-0.25, -0.2) is 0 Å². The molecule has 0 bridgehead atoms. The lowest BCUT2D eigenvalue weighted by Crippen LogP contribution is -2.60. The monoisotopic (exact) mass is 612 g/mol. The van der Waals surface area contributed by atoms with Crippen LogP contribution in [0, 0.1) is 0 Å². The molecule has 3 aliphatic heterocycles. The number of benzene rings is 2. The van der Waals surface area contributed by atoms with Crippen molar-refractivity contribution in [3.8, 4) is 28.7 Å². The zero-order valence-corrected chi connectivity index (χ0v) is 22.3. The molecule has 2 aromatic carbocycles. The number of Topliss-reactive ketones (excluding diaryl/α,β-unsaturated/α-hetero) is 1. The van der Waals surface area contributed by atoms with Gasteiger partial charge >= 0.3 is 0 Å². The summed E-state index contributed by atoms with van der Waals surface area (Å²) in [7, 11) is 0. The van der Waals surface area contributed by atoms with Crippen molar-refractivity contribution in [3.63, 3.8) is 0 Å². The summed E-state index contributed by atoms with van der Waals surface area (Å²) in [5, 5.41) is 100. The SMILES string of the molecule is O=C1C[C@@H](c2ccc(O[C@@H]3O[C@H](CO)[C@@H](O)[C@H](O)[C@H]3O)cc2O)Oc2cc(O[C@@H]3O[C@H](CO)[C@@H](O)[C@H](O)[C@H]3O)cc(O)c21. The molecule has 16 heteroatoms. The Labute approximate surface area is 243 Å². The number of carbonyl (C=O) groups is 1. The highest BCUT2D eigenvalue weighted by Crippen LogP contribution is 2.44. The van der Waals surface area contributed by atoms with Crippen molar-refractivity contribution in [2.45, 2.75) is 73.9 Å². The van der Waals surface area contributed by atoms with E-state index in [1.54, 1.807) is 0 Å². The summed E-state index contributed by atoms with van der Waals surface area (Å²) in [6, 6.07) is 6.14. The van der Waals surface area contributed by atoms with Crippen molar-refractivity contribution in [3.05, 3.63) is 41.5 Å². The summed E-state index contributed by atoms with van der Waals surface area (Å²) >= 11 is 0. The molecular formula is C27H32O16. The van der Waals surface area contributed by atoms with Crippen molar-refractivity contribution < 1.29 is 79.5 Å². The molecule has 3 aliphatic rings. The lowest BCUT2D eigenvalue weighted by molar-refractivity contribution is -0.277. The number of ketones is 1. The van der Waals surface area contributed by atoms with Crippen LogP contribution in [0.3, 0.4) is 0 Å². The van der Waals surface area contributed by atoms with E-state index in [0.717, 1.165) is 12.1 Å². The number of carbonyl (C=O) groups excluding carboxylic acids is 1. The number of hydrogen-bond acceptors (Lipinski definition) is 16. The summed E-state index contributed by atoms with van der Waals surface area (Å²) in [5.74, 6) is -1.76. The minimum atomic E-state index is -1.73. The van der Waals surface area contributed by atoms with Crippen molar-refractivity contribution in [2.75, 3.05) is 13.2 Å². The lowest BCUT2D eigenvalue weighted by Gasteiger charge is -2.39. The van der Waals surface area contributed by atoms with Gasteiger partial charge < -0.3 is 74.7 Å². The number of aromatic hydroxyl groups is 2. The van der Waals surface area contributed by atoms with E-state index >= 15 is 0 Å². The third-order valence-corrected chi connectivity index (χ3v) is 7.52. The average Bonchev–Trinajstić information content (AvgIpc) is 2.97. The normalized spacial score (nSPS) is 36.0. The molecule has 16 nitrogen and oxygen atoms in total. The fraction of sp³-hybridized carbons (Fsp3) is 0.519. The Hall–Kier alpha value is -3.29. The van der Waals surface area contributed by atoms with Gasteiger partial charge in [-0.2, -0.15) is 0 Å². The van der Waals surface area contributed by atoms with Crippen LogP contribution < -0.4 is 14.2 Å². The fourth-order valence-corrected chi connectivity index (χ4v) is 5.12. The van der Waals surface area contributed by atoms with Crippen LogP contribution in [0.25, 0.3) is 0 Å². The van der Waals surface area contributed by atoms with Crippen molar-refractivity contribution >= 4 is 5.78 Å². The molecule has 0 saturated carbocycles. The molecule has 236 valence electrons. The molecular weight excluding hydrogens is 580 g/mol. The second kappa shape index (κ2) is 12.4. The zero-order valence-electron chi connectivity index (χ0n) is 22.3. The predicted molar refractivity (Wildman–Crippen MR) is 137 cm³/mol. The van der Waals surface area contributed by atoms with Crippen LogP contribution in [-0.2, 0) is 9.47 Å². The number of aliphatic hydroxyl groups is 8. The second-order valence-electron chi connectivity index (χ2n) is 10.4. The van der Waals surface area contributed by atoms with E-state index in [1.807, 2.05) is 0 Å². The maximum atomic E-state index is 12.9. The second-order valence-corrected chi connectivity index (χ2v) is 10.4. The van der Waals surface area contributed by atoms with Gasteiger partial charge in [-0.3, -0.25) is 4.79 Å². The van der Waals surface area contributed by atoms with Crippen LogP contribution in [0.1, 0.15) is 28.4 Å². The molecule has 0 aliphatic carbocycles. The molecule has 0 radical (unpaired) electrons. The van der Waals surface area contributed by atoms with Crippen LogP contribution in [0.15, 0.2) is 30.3 Å². The molecule has 0 spiro atoms. The Morgan fingerprint density at radius 2 is 1.23 bits per heavy atom. The Kier molecular flexibility index (Phi) is 8.96. The first-order valence-corrected chi connectivity index (χ1v) is 13.3. The minimum Gasteiger partial charge on any atom is -0.507 e. The third kappa shape index (κ3) is 5.94. The molecule has 0 aromatic heterocycles. The summed E-state index contributed by atoms with van der Waals surface area (Å²) in [5.41, 5.74) is -0.0284. The zero-order chi connectivity index (χ0) is 31.2. The molecule has 0 unspecified atom stereocenters. The summed E-state index contributed by atoms with van der Waals surface area (Å²) < 4.78 is 27.6. The molecule has 2 saturated heterocycles.